The fraction of sp³-hybridized carbons (Fsp3) is 0.0556. The molecule has 0 unspecified atom stereocenters. The molecule has 0 spiro atoms. The van der Waals surface area contributed by atoms with Crippen molar-refractivity contribution < 1.29 is 9.72 Å². The quantitative estimate of drug-likeness (QED) is 0.317. The number of aromatic nitrogens is 1. The first-order chi connectivity index (χ1) is 12.0. The third kappa shape index (κ3) is 3.20. The fourth-order valence-corrected chi connectivity index (χ4v) is 2.45. The molecule has 1 heterocycles. The van der Waals surface area contributed by atoms with Crippen molar-refractivity contribution in [2.45, 2.75) is 6.92 Å². The highest BCUT2D eigenvalue weighted by molar-refractivity contribution is 5.97. The van der Waals surface area contributed by atoms with Gasteiger partial charge < -0.3 is 0 Å². The Bertz CT molecular complexity index is 1080. The van der Waals surface area contributed by atoms with Crippen LogP contribution in [0.25, 0.3) is 10.9 Å². The number of carbonyl (C=O) groups is 1. The highest BCUT2D eigenvalue weighted by Gasteiger charge is 2.12. The molecule has 7 nitrogen and oxygen atoms in total. The molecule has 0 aliphatic heterocycles. The van der Waals surface area contributed by atoms with Gasteiger partial charge in [0.1, 0.15) is 0 Å². The molecule has 25 heavy (non-hydrogen) atoms. The smallest absolute Gasteiger partial charge is 0.282 e. The molecule has 0 bridgehead atoms. The SMILES string of the molecule is CC(=O)c1cc2ccccc2n(/N=C/c2cccc([N+](=O)[O-])c2)c1=O. The lowest BCUT2D eigenvalue weighted by atomic mass is 10.1. The lowest BCUT2D eigenvalue weighted by molar-refractivity contribution is -0.384. The molecule has 0 aliphatic carbocycles. The Morgan fingerprint density at radius 2 is 1.92 bits per heavy atom. The summed E-state index contributed by atoms with van der Waals surface area (Å²) in [5.74, 6) is -0.352. The average Bonchev–Trinajstić information content (AvgIpc) is 2.60. The minimum Gasteiger partial charge on any atom is -0.294 e. The molecule has 124 valence electrons. The molecule has 1 aromatic heterocycles. The highest BCUT2D eigenvalue weighted by atomic mass is 16.6. The van der Waals surface area contributed by atoms with E-state index in [1.807, 2.05) is 0 Å². The first-order valence-electron chi connectivity index (χ1n) is 7.42. The molecule has 3 aromatic rings. The third-order valence-corrected chi connectivity index (χ3v) is 3.67. The van der Waals surface area contributed by atoms with Gasteiger partial charge >= 0.3 is 0 Å². The van der Waals surface area contributed by atoms with Gasteiger partial charge in [-0.1, -0.05) is 30.3 Å². The molecule has 0 atom stereocenters. The topological polar surface area (TPSA) is 94.6 Å². The van der Waals surface area contributed by atoms with Crippen molar-refractivity contribution in [2.24, 2.45) is 5.10 Å². The van der Waals surface area contributed by atoms with Gasteiger partial charge in [0.2, 0.25) is 0 Å². The summed E-state index contributed by atoms with van der Waals surface area (Å²) in [6.45, 7) is 1.32. The summed E-state index contributed by atoms with van der Waals surface area (Å²) >= 11 is 0. The summed E-state index contributed by atoms with van der Waals surface area (Å²) in [5, 5.41) is 15.7. The van der Waals surface area contributed by atoms with Gasteiger partial charge in [-0.15, -0.1) is 0 Å². The van der Waals surface area contributed by atoms with Crippen molar-refractivity contribution in [3.63, 3.8) is 0 Å². The van der Waals surface area contributed by atoms with Crippen LogP contribution in [0, 0.1) is 10.1 Å². The third-order valence-electron chi connectivity index (χ3n) is 3.67. The van der Waals surface area contributed by atoms with Gasteiger partial charge in [0, 0.05) is 23.1 Å². The number of hydrogen-bond donors (Lipinski definition) is 0. The number of pyridine rings is 1. The molecular weight excluding hydrogens is 322 g/mol. The number of non-ortho nitro benzene ring substituents is 1. The molecule has 0 saturated carbocycles. The number of para-hydroxylation sites is 1. The van der Waals surface area contributed by atoms with Gasteiger partial charge in [-0.3, -0.25) is 19.7 Å². The fourth-order valence-electron chi connectivity index (χ4n) is 2.45. The van der Waals surface area contributed by atoms with Crippen LogP contribution < -0.4 is 5.56 Å². The van der Waals surface area contributed by atoms with Gasteiger partial charge in [0.15, 0.2) is 5.78 Å². The van der Waals surface area contributed by atoms with Crippen LogP contribution in [0.2, 0.25) is 0 Å². The lowest BCUT2D eigenvalue weighted by Crippen LogP contribution is -2.23. The van der Waals surface area contributed by atoms with Crippen LogP contribution >= 0.6 is 0 Å². The Balaban J connectivity index is 2.16. The molecular formula is C18H13N3O4. The number of nitrogens with zero attached hydrogens (tertiary/aromatic N) is 3. The van der Waals surface area contributed by atoms with Crippen LogP contribution in [0.5, 0.6) is 0 Å². The maximum atomic E-state index is 12.5. The van der Waals surface area contributed by atoms with Crippen molar-refractivity contribution >= 4 is 28.6 Å². The molecule has 7 heteroatoms. The Morgan fingerprint density at radius 3 is 2.64 bits per heavy atom. The largest absolute Gasteiger partial charge is 0.294 e. The van der Waals surface area contributed by atoms with Crippen molar-refractivity contribution in [3.05, 3.63) is 86.2 Å². The number of carbonyl (C=O) groups excluding carboxylic acids is 1. The Kier molecular flexibility index (Phi) is 4.21. The van der Waals surface area contributed by atoms with E-state index in [9.17, 15) is 19.7 Å². The van der Waals surface area contributed by atoms with E-state index in [4.69, 9.17) is 0 Å². The van der Waals surface area contributed by atoms with E-state index >= 15 is 0 Å². The van der Waals surface area contributed by atoms with E-state index in [1.54, 1.807) is 36.4 Å². The maximum Gasteiger partial charge on any atom is 0.282 e. The summed E-state index contributed by atoms with van der Waals surface area (Å²) in [7, 11) is 0. The second-order valence-corrected chi connectivity index (χ2v) is 5.39. The number of fused-ring (bicyclic) bond motifs is 1. The van der Waals surface area contributed by atoms with Crippen LogP contribution in [0.3, 0.4) is 0 Å². The van der Waals surface area contributed by atoms with Crippen LogP contribution in [-0.4, -0.2) is 21.6 Å². The molecule has 0 aliphatic rings. The van der Waals surface area contributed by atoms with E-state index in [0.717, 1.165) is 4.68 Å². The van der Waals surface area contributed by atoms with Crippen LogP contribution in [0.4, 0.5) is 5.69 Å². The summed E-state index contributed by atoms with van der Waals surface area (Å²) in [4.78, 5) is 34.6. The average molecular weight is 335 g/mol. The zero-order chi connectivity index (χ0) is 18.0. The van der Waals surface area contributed by atoms with Crippen molar-refractivity contribution in [2.75, 3.05) is 0 Å². The lowest BCUT2D eigenvalue weighted by Gasteiger charge is -2.07. The zero-order valence-electron chi connectivity index (χ0n) is 13.2. The van der Waals surface area contributed by atoms with Gasteiger partial charge in [0.05, 0.1) is 22.2 Å². The van der Waals surface area contributed by atoms with Crippen molar-refractivity contribution in [3.8, 4) is 0 Å². The van der Waals surface area contributed by atoms with E-state index in [-0.39, 0.29) is 17.0 Å². The molecule has 0 fully saturated rings. The number of Topliss-reactive ketones (excluding diaryl/α,β-unsaturated/α-hetero) is 1. The molecule has 2 aromatic carbocycles. The summed E-state index contributed by atoms with van der Waals surface area (Å²) < 4.78 is 1.13. The number of ketones is 1. The van der Waals surface area contributed by atoms with E-state index < -0.39 is 10.5 Å². The molecule has 0 N–H and O–H groups in total. The number of benzene rings is 2. The first kappa shape index (κ1) is 16.3. The van der Waals surface area contributed by atoms with E-state index in [0.29, 0.717) is 16.5 Å². The van der Waals surface area contributed by atoms with E-state index in [2.05, 4.69) is 5.10 Å². The molecule has 3 rings (SSSR count). The summed E-state index contributed by atoms with van der Waals surface area (Å²) in [5.41, 5.74) is 0.444. The van der Waals surface area contributed by atoms with Crippen LogP contribution in [0.1, 0.15) is 22.8 Å². The number of nitro groups is 1. The second-order valence-electron chi connectivity index (χ2n) is 5.39. The summed E-state index contributed by atoms with van der Waals surface area (Å²) in [6, 6.07) is 14.5. The van der Waals surface area contributed by atoms with Crippen molar-refractivity contribution in [1.82, 2.24) is 4.68 Å². The molecule has 0 saturated heterocycles. The normalized spacial score (nSPS) is 11.1. The minimum atomic E-state index is -0.534. The van der Waals surface area contributed by atoms with Crippen LogP contribution in [0.15, 0.2) is 64.5 Å². The highest BCUT2D eigenvalue weighted by Crippen LogP contribution is 2.15. The second kappa shape index (κ2) is 6.48. The number of nitro benzene ring substituents is 1. The van der Waals surface area contributed by atoms with Crippen molar-refractivity contribution in [1.29, 1.82) is 0 Å². The monoisotopic (exact) mass is 335 g/mol. The number of hydrogen-bond acceptors (Lipinski definition) is 5. The molecule has 0 radical (unpaired) electrons. The maximum absolute atomic E-state index is 12.5. The predicted octanol–water partition coefficient (Wildman–Crippen LogP) is 2.99. The minimum absolute atomic E-state index is 0.0369. The summed E-state index contributed by atoms with van der Waals surface area (Å²) in [6.07, 6.45) is 1.35. The van der Waals surface area contributed by atoms with Gasteiger partial charge in [0.25, 0.3) is 11.2 Å². The molecule has 0 amide bonds. The predicted molar refractivity (Wildman–Crippen MR) is 94.3 cm³/mol. The van der Waals surface area contributed by atoms with E-state index in [1.165, 1.54) is 31.3 Å². The Hall–Kier alpha value is -3.61. The van der Waals surface area contributed by atoms with Crippen LogP contribution in [-0.2, 0) is 0 Å². The first-order valence-corrected chi connectivity index (χ1v) is 7.42. The Labute approximate surface area is 142 Å². The standard InChI is InChI=1S/C18H13N3O4/c1-12(22)16-10-14-6-2-3-8-17(14)20(18(16)23)19-11-13-5-4-7-15(9-13)21(24)25/h2-11H,1H3/b19-11+. The van der Waals surface area contributed by atoms with Gasteiger partial charge in [-0.25, -0.2) is 0 Å². The zero-order valence-corrected chi connectivity index (χ0v) is 13.2. The van der Waals surface area contributed by atoms with Gasteiger partial charge in [-0.2, -0.15) is 9.78 Å². The number of rotatable bonds is 4. The van der Waals surface area contributed by atoms with Gasteiger partial charge in [-0.05, 0) is 19.1 Å². The Morgan fingerprint density at radius 1 is 1.16 bits per heavy atom.